The monoisotopic (exact) mass is 1600 g/mol. The maximum Gasteiger partial charge on any atom is 0.152 e. The fourth-order valence-electron chi connectivity index (χ4n) is 19.7. The van der Waals surface area contributed by atoms with E-state index in [2.05, 4.69) is 438 Å². The van der Waals surface area contributed by atoms with Gasteiger partial charge in [0, 0.05) is 85.1 Å². The molecule has 6 nitrogen and oxygen atoms in total. The molecular formula is C115H72N4O2S2. The maximum atomic E-state index is 7.36. The highest BCUT2D eigenvalue weighted by molar-refractivity contribution is 7.26. The SMILES string of the molecule is Cc1cccc(-c2cc(-c3ccccc3)ccc2N(c2ccccc2-c2ccc3c(c2)c2cccc4c2n3-c2ccccc2O4)c2cccc3c2sc2ccccc23)c1-c1cc2c3c(c1)c1cc(-c4ccccc4N(c4ccc(-c5cccc6c5sc5ccccc56)cc4)c4ccc(-c5ccccc5)cc4-c4ccccc4)ccc1n3-c1ccccc1O2. The molecule has 0 radical (unpaired) electrons. The van der Waals surface area contributed by atoms with Gasteiger partial charge in [-0.05, 0) is 213 Å². The molecule has 0 bridgehead atoms. The second-order valence-corrected chi connectivity index (χ2v) is 34.2. The molecule has 0 unspecified atom stereocenters. The van der Waals surface area contributed by atoms with Crippen molar-refractivity contribution in [2.75, 3.05) is 9.80 Å². The van der Waals surface area contributed by atoms with Crippen molar-refractivity contribution in [3.8, 4) is 123 Å². The first-order valence-electron chi connectivity index (χ1n) is 41.9. The highest BCUT2D eigenvalue weighted by atomic mass is 32.1. The molecular weight excluding hydrogens is 1530 g/mol. The highest BCUT2D eigenvalue weighted by Crippen LogP contribution is 2.57. The number of nitrogens with zero attached hydrogens (tertiary/aromatic N) is 4. The maximum absolute atomic E-state index is 7.36. The van der Waals surface area contributed by atoms with Gasteiger partial charge >= 0.3 is 0 Å². The second kappa shape index (κ2) is 28.3. The average Bonchev–Trinajstić information content (AvgIpc) is 1.56. The number of fused-ring (bicyclic) bond motifs is 16. The Balaban J connectivity index is 0.693. The van der Waals surface area contributed by atoms with Gasteiger partial charge in [0.2, 0.25) is 0 Å². The Kier molecular flexibility index (Phi) is 16.2. The number of ether oxygens (including phenoxy) is 2. The Morgan fingerprint density at radius 2 is 0.650 bits per heavy atom. The van der Waals surface area contributed by atoms with Gasteiger partial charge in [-0.15, -0.1) is 22.7 Å². The number of benzene rings is 19. The summed E-state index contributed by atoms with van der Waals surface area (Å²) >= 11 is 3.72. The lowest BCUT2D eigenvalue weighted by Gasteiger charge is -2.31. The first-order valence-corrected chi connectivity index (χ1v) is 43.5. The van der Waals surface area contributed by atoms with Crippen molar-refractivity contribution in [3.05, 3.63) is 424 Å². The van der Waals surface area contributed by atoms with E-state index in [1.54, 1.807) is 0 Å². The zero-order chi connectivity index (χ0) is 80.9. The van der Waals surface area contributed by atoms with Gasteiger partial charge in [-0.2, -0.15) is 0 Å². The van der Waals surface area contributed by atoms with Gasteiger partial charge in [0.25, 0.3) is 0 Å². The number of aromatic nitrogens is 2. The molecule has 0 saturated carbocycles. The summed E-state index contributed by atoms with van der Waals surface area (Å²) in [5, 5.41) is 9.52. The van der Waals surface area contributed by atoms with E-state index in [1.807, 2.05) is 28.7 Å². The minimum atomic E-state index is 0.791. The molecule has 0 spiro atoms. The molecule has 0 fully saturated rings. The Bertz CT molecular complexity index is 8280. The van der Waals surface area contributed by atoms with Crippen molar-refractivity contribution in [1.82, 2.24) is 9.13 Å². The van der Waals surface area contributed by atoms with E-state index < -0.39 is 0 Å². The number of para-hydroxylation sites is 7. The number of hydrogen-bond donors (Lipinski definition) is 0. The third-order valence-electron chi connectivity index (χ3n) is 25.2. The molecule has 123 heavy (non-hydrogen) atoms. The normalized spacial score (nSPS) is 12.1. The summed E-state index contributed by atoms with van der Waals surface area (Å²) in [4.78, 5) is 5.06. The smallest absolute Gasteiger partial charge is 0.152 e. The lowest BCUT2D eigenvalue weighted by atomic mass is 9.87. The van der Waals surface area contributed by atoms with Crippen molar-refractivity contribution in [2.24, 2.45) is 0 Å². The van der Waals surface area contributed by atoms with E-state index in [-0.39, 0.29) is 0 Å². The van der Waals surface area contributed by atoms with Crippen LogP contribution in [0.15, 0.2) is 419 Å². The van der Waals surface area contributed by atoms with Crippen LogP contribution >= 0.6 is 22.7 Å². The summed E-state index contributed by atoms with van der Waals surface area (Å²) in [7, 11) is 0. The molecule has 23 aromatic rings. The van der Waals surface area contributed by atoms with Crippen LogP contribution in [0, 0.1) is 6.92 Å². The Morgan fingerprint density at radius 3 is 1.31 bits per heavy atom. The molecule has 6 heterocycles. The van der Waals surface area contributed by atoms with E-state index >= 15 is 0 Å². The minimum Gasteiger partial charge on any atom is -0.453 e. The first kappa shape index (κ1) is 70.4. The first-order chi connectivity index (χ1) is 60.9. The zero-order valence-corrected chi connectivity index (χ0v) is 68.4. The zero-order valence-electron chi connectivity index (χ0n) is 66.8. The van der Waals surface area contributed by atoms with Crippen LogP contribution in [0.2, 0.25) is 0 Å². The number of thiophene rings is 2. The molecule has 0 N–H and O–H groups in total. The lowest BCUT2D eigenvalue weighted by molar-refractivity contribution is 0.476. The van der Waals surface area contributed by atoms with Gasteiger partial charge in [0.05, 0.1) is 66.6 Å². The number of rotatable bonds is 14. The van der Waals surface area contributed by atoms with Gasteiger partial charge in [-0.3, -0.25) is 0 Å². The summed E-state index contributed by atoms with van der Waals surface area (Å²) in [6, 6.07) is 154. The molecule has 19 aromatic carbocycles. The average molecular weight is 1610 g/mol. The molecule has 2 aliphatic rings. The number of anilines is 6. The van der Waals surface area contributed by atoms with E-state index in [1.165, 1.54) is 51.5 Å². The summed E-state index contributed by atoms with van der Waals surface area (Å²) < 4.78 is 23.9. The van der Waals surface area contributed by atoms with Crippen LogP contribution in [0.25, 0.3) is 184 Å². The lowest BCUT2D eigenvalue weighted by Crippen LogP contribution is -2.13. The highest BCUT2D eigenvalue weighted by Gasteiger charge is 2.32. The van der Waals surface area contributed by atoms with Gasteiger partial charge < -0.3 is 28.4 Å². The van der Waals surface area contributed by atoms with Crippen molar-refractivity contribution >= 4 is 141 Å². The molecule has 4 aromatic heterocycles. The van der Waals surface area contributed by atoms with E-state index in [0.29, 0.717) is 0 Å². The molecule has 0 aliphatic carbocycles. The largest absolute Gasteiger partial charge is 0.453 e. The van der Waals surface area contributed by atoms with Gasteiger partial charge in [0.1, 0.15) is 0 Å². The van der Waals surface area contributed by atoms with Crippen LogP contribution in [0.4, 0.5) is 34.1 Å². The molecule has 25 rings (SSSR count). The fraction of sp³-hybridized carbons (Fsp3) is 0.00870. The van der Waals surface area contributed by atoms with Gasteiger partial charge in [0.15, 0.2) is 23.0 Å². The quantitative estimate of drug-likeness (QED) is 0.109. The minimum absolute atomic E-state index is 0.791. The van der Waals surface area contributed by atoms with Crippen LogP contribution in [0.5, 0.6) is 23.0 Å². The third-order valence-corrected chi connectivity index (χ3v) is 27.7. The van der Waals surface area contributed by atoms with Gasteiger partial charge in [-0.1, -0.05) is 285 Å². The molecule has 0 amide bonds. The molecule has 2 aliphatic heterocycles. The van der Waals surface area contributed by atoms with Crippen LogP contribution in [-0.4, -0.2) is 9.13 Å². The Hall–Kier alpha value is -15.6. The molecule has 8 heteroatoms. The van der Waals surface area contributed by atoms with E-state index in [0.717, 1.165) is 196 Å². The summed E-state index contributed by atoms with van der Waals surface area (Å²) in [5.74, 6) is 3.28. The summed E-state index contributed by atoms with van der Waals surface area (Å²) in [6.45, 7) is 2.28. The van der Waals surface area contributed by atoms with Crippen molar-refractivity contribution in [2.45, 2.75) is 6.92 Å². The molecule has 0 saturated heterocycles. The predicted octanol–water partition coefficient (Wildman–Crippen LogP) is 33.4. The molecule has 0 atom stereocenters. The third kappa shape index (κ3) is 11.3. The Morgan fingerprint density at radius 1 is 0.228 bits per heavy atom. The fourth-order valence-corrected chi connectivity index (χ4v) is 22.1. The topological polar surface area (TPSA) is 34.8 Å². The van der Waals surface area contributed by atoms with Crippen LogP contribution in [0.3, 0.4) is 0 Å². The van der Waals surface area contributed by atoms with Crippen molar-refractivity contribution < 1.29 is 9.47 Å². The number of aryl methyl sites for hydroxylation is 1. The summed E-state index contributed by atoms with van der Waals surface area (Å²) in [6.07, 6.45) is 0. The van der Waals surface area contributed by atoms with Crippen LogP contribution < -0.4 is 19.3 Å². The van der Waals surface area contributed by atoms with E-state index in [9.17, 15) is 0 Å². The second-order valence-electron chi connectivity index (χ2n) is 32.1. The van der Waals surface area contributed by atoms with Gasteiger partial charge in [-0.25, -0.2) is 0 Å². The standard InChI is InChI=1S/C115H72N4O2S2/c1-71-27-23-39-87(92-66-77(73-30-7-3-8-31-73)56-62-99(92)117(104-47-25-42-90-86-37-14-22-52-110(86)123-115(90)104)97-44-16-12-35-83(97)78-57-63-100-93(67-78)88-40-26-50-107-112(88)118(100)102-45-17-19-48-105(102)120-107)111(71)80-69-95-94-68-79(58-64-101(94)119-103-46-18-20-49-106(103)121-108(70-80)113(95)119)82-34-11-15-43-96(82)116(98-61-55-76(72-28-5-2-6-29-72)65-91(98)74-32-9-4-10-33-74)81-59-53-75(54-60-81)84-38-24-41-89-85-36-13-21-51-109(85)122-114(84)89/h2-70H,1H3. The molecule has 576 valence electrons. The Labute approximate surface area is 718 Å². The van der Waals surface area contributed by atoms with Crippen molar-refractivity contribution in [1.29, 1.82) is 0 Å². The van der Waals surface area contributed by atoms with Crippen LogP contribution in [0.1, 0.15) is 5.56 Å². The van der Waals surface area contributed by atoms with E-state index in [4.69, 9.17) is 9.47 Å². The van der Waals surface area contributed by atoms with Crippen molar-refractivity contribution in [3.63, 3.8) is 0 Å². The number of hydrogen-bond acceptors (Lipinski definition) is 6. The van der Waals surface area contributed by atoms with Crippen LogP contribution in [-0.2, 0) is 0 Å². The summed E-state index contributed by atoms with van der Waals surface area (Å²) in [5.41, 5.74) is 31.6. The predicted molar refractivity (Wildman–Crippen MR) is 519 cm³/mol.